The van der Waals surface area contributed by atoms with E-state index in [9.17, 15) is 8.42 Å². The van der Waals surface area contributed by atoms with Crippen LogP contribution in [0, 0.1) is 18.3 Å². The van der Waals surface area contributed by atoms with E-state index in [4.69, 9.17) is 5.26 Å². The summed E-state index contributed by atoms with van der Waals surface area (Å²) >= 11 is 0. The van der Waals surface area contributed by atoms with Crippen molar-refractivity contribution in [2.45, 2.75) is 18.4 Å². The molecule has 1 aromatic carbocycles. The van der Waals surface area contributed by atoms with Crippen LogP contribution in [0.3, 0.4) is 0 Å². The van der Waals surface area contributed by atoms with E-state index in [-0.39, 0.29) is 11.4 Å². The Balaban J connectivity index is 2.22. The smallest absolute Gasteiger partial charge is 0.241 e. The minimum Gasteiger partial charge on any atom is -0.281 e. The molecule has 7 heteroatoms. The molecule has 0 saturated heterocycles. The molecule has 0 aliphatic heterocycles. The highest BCUT2D eigenvalue weighted by Gasteiger charge is 2.16. The van der Waals surface area contributed by atoms with Crippen LogP contribution in [0.25, 0.3) is 0 Å². The molecule has 1 heterocycles. The van der Waals surface area contributed by atoms with Crippen molar-refractivity contribution < 1.29 is 8.42 Å². The molecular weight excluding hydrogens is 264 g/mol. The maximum absolute atomic E-state index is 12.1. The van der Waals surface area contributed by atoms with E-state index in [1.165, 1.54) is 12.1 Å². The van der Waals surface area contributed by atoms with Gasteiger partial charge in [-0.05, 0) is 36.8 Å². The average Bonchev–Trinajstić information content (AvgIpc) is 2.89. The van der Waals surface area contributed by atoms with Crippen LogP contribution in [0.2, 0.25) is 0 Å². The lowest BCUT2D eigenvalue weighted by molar-refractivity contribution is 0.579. The second kappa shape index (κ2) is 5.22. The van der Waals surface area contributed by atoms with Gasteiger partial charge in [-0.2, -0.15) is 10.4 Å². The van der Waals surface area contributed by atoms with E-state index in [0.717, 1.165) is 0 Å². The Bertz CT molecular complexity index is 715. The lowest BCUT2D eigenvalue weighted by Crippen LogP contribution is -2.24. The van der Waals surface area contributed by atoms with Gasteiger partial charge in [0.05, 0.1) is 28.8 Å². The van der Waals surface area contributed by atoms with Gasteiger partial charge in [-0.25, -0.2) is 13.1 Å². The van der Waals surface area contributed by atoms with Crippen molar-refractivity contribution in [3.63, 3.8) is 0 Å². The molecule has 98 valence electrons. The van der Waals surface area contributed by atoms with Crippen LogP contribution >= 0.6 is 0 Å². The van der Waals surface area contributed by atoms with Crippen molar-refractivity contribution >= 4 is 10.0 Å². The summed E-state index contributed by atoms with van der Waals surface area (Å²) in [6.45, 7) is 1.80. The topological polar surface area (TPSA) is 98.6 Å². The van der Waals surface area contributed by atoms with Crippen LogP contribution in [0.15, 0.2) is 35.4 Å². The quantitative estimate of drug-likeness (QED) is 0.872. The molecule has 0 saturated carbocycles. The van der Waals surface area contributed by atoms with E-state index >= 15 is 0 Å². The number of aromatic nitrogens is 2. The number of rotatable bonds is 4. The van der Waals surface area contributed by atoms with Gasteiger partial charge in [0, 0.05) is 6.20 Å². The van der Waals surface area contributed by atoms with Crippen molar-refractivity contribution in [2.75, 3.05) is 0 Å². The van der Waals surface area contributed by atoms with Gasteiger partial charge in [0.15, 0.2) is 0 Å². The van der Waals surface area contributed by atoms with E-state index in [1.807, 2.05) is 6.07 Å². The predicted octanol–water partition coefficient (Wildman–Crippen LogP) is 1.07. The Morgan fingerprint density at radius 1 is 1.42 bits per heavy atom. The van der Waals surface area contributed by atoms with Gasteiger partial charge in [0.2, 0.25) is 10.0 Å². The van der Waals surface area contributed by atoms with Gasteiger partial charge in [-0.1, -0.05) is 0 Å². The Labute approximate surface area is 111 Å². The molecule has 0 atom stereocenters. The van der Waals surface area contributed by atoms with Crippen LogP contribution in [0.4, 0.5) is 0 Å². The Kier molecular flexibility index (Phi) is 3.64. The number of hydrogen-bond acceptors (Lipinski definition) is 4. The predicted molar refractivity (Wildman–Crippen MR) is 68.5 cm³/mol. The normalized spacial score (nSPS) is 11.2. The monoisotopic (exact) mass is 276 g/mol. The van der Waals surface area contributed by atoms with E-state index in [1.54, 1.807) is 25.3 Å². The summed E-state index contributed by atoms with van der Waals surface area (Å²) in [4.78, 5) is 0.172. The van der Waals surface area contributed by atoms with Crippen LogP contribution in [-0.2, 0) is 16.6 Å². The number of nitrogens with one attached hydrogen (secondary N) is 2. The van der Waals surface area contributed by atoms with Gasteiger partial charge >= 0.3 is 0 Å². The maximum Gasteiger partial charge on any atom is 0.241 e. The molecule has 0 spiro atoms. The first-order chi connectivity index (χ1) is 9.03. The lowest BCUT2D eigenvalue weighted by Gasteiger charge is -2.08. The first-order valence-corrected chi connectivity index (χ1v) is 7.00. The first-order valence-electron chi connectivity index (χ1n) is 5.51. The van der Waals surface area contributed by atoms with Crippen molar-refractivity contribution in [3.05, 3.63) is 47.3 Å². The van der Waals surface area contributed by atoms with Crippen LogP contribution < -0.4 is 4.72 Å². The second-order valence-electron chi connectivity index (χ2n) is 4.00. The highest BCUT2D eigenvalue weighted by molar-refractivity contribution is 7.89. The molecule has 0 bridgehead atoms. The standard InChI is InChI=1S/C12H12N4O2S/c1-9-6-10(7-13)2-3-12(9)19(17,18)15-8-11-4-5-14-16-11/h2-6,15H,8H2,1H3,(H,14,16). The largest absolute Gasteiger partial charge is 0.281 e. The summed E-state index contributed by atoms with van der Waals surface area (Å²) in [6, 6.07) is 8.12. The molecule has 2 N–H and O–H groups in total. The van der Waals surface area contributed by atoms with Crippen molar-refractivity contribution in [3.8, 4) is 6.07 Å². The fraction of sp³-hybridized carbons (Fsp3) is 0.167. The molecule has 6 nitrogen and oxygen atoms in total. The number of nitrogens with zero attached hydrogens (tertiary/aromatic N) is 2. The maximum atomic E-state index is 12.1. The molecule has 0 amide bonds. The third-order valence-corrected chi connectivity index (χ3v) is 4.17. The number of hydrogen-bond donors (Lipinski definition) is 2. The number of aryl methyl sites for hydroxylation is 1. The minimum atomic E-state index is -3.60. The fourth-order valence-electron chi connectivity index (χ4n) is 1.65. The Hall–Kier alpha value is -2.17. The third kappa shape index (κ3) is 2.99. The molecule has 0 aliphatic rings. The summed E-state index contributed by atoms with van der Waals surface area (Å²) in [5, 5.41) is 15.2. The molecular formula is C12H12N4O2S. The van der Waals surface area contributed by atoms with Gasteiger partial charge in [0.25, 0.3) is 0 Å². The molecule has 0 aliphatic carbocycles. The molecule has 0 unspecified atom stereocenters. The second-order valence-corrected chi connectivity index (χ2v) is 5.73. The Morgan fingerprint density at radius 3 is 2.79 bits per heavy atom. The third-order valence-electron chi connectivity index (χ3n) is 2.60. The number of H-pyrrole nitrogens is 1. The summed E-state index contributed by atoms with van der Waals surface area (Å²) in [6.07, 6.45) is 1.55. The number of aromatic amines is 1. The summed E-state index contributed by atoms with van der Waals surface area (Å²) in [5.74, 6) is 0. The molecule has 2 aromatic rings. The van der Waals surface area contributed by atoms with Gasteiger partial charge < -0.3 is 0 Å². The SMILES string of the molecule is Cc1cc(C#N)ccc1S(=O)(=O)NCc1ccn[nH]1. The van der Waals surface area contributed by atoms with E-state index in [2.05, 4.69) is 14.9 Å². The van der Waals surface area contributed by atoms with Crippen LogP contribution in [-0.4, -0.2) is 18.6 Å². The minimum absolute atomic E-state index is 0.141. The number of benzene rings is 1. The van der Waals surface area contributed by atoms with Crippen LogP contribution in [0.1, 0.15) is 16.8 Å². The van der Waals surface area contributed by atoms with Crippen molar-refractivity contribution in [1.82, 2.24) is 14.9 Å². The van der Waals surface area contributed by atoms with E-state index in [0.29, 0.717) is 16.8 Å². The average molecular weight is 276 g/mol. The zero-order chi connectivity index (χ0) is 13.9. The summed E-state index contributed by atoms with van der Waals surface area (Å²) < 4.78 is 26.7. The molecule has 19 heavy (non-hydrogen) atoms. The highest BCUT2D eigenvalue weighted by Crippen LogP contribution is 2.16. The first kappa shape index (κ1) is 13.3. The van der Waals surface area contributed by atoms with E-state index < -0.39 is 10.0 Å². The molecule has 0 fully saturated rings. The molecule has 2 rings (SSSR count). The lowest BCUT2D eigenvalue weighted by atomic mass is 10.2. The van der Waals surface area contributed by atoms with Gasteiger partial charge in [-0.3, -0.25) is 5.10 Å². The van der Waals surface area contributed by atoms with Crippen LogP contribution in [0.5, 0.6) is 0 Å². The highest BCUT2D eigenvalue weighted by atomic mass is 32.2. The summed E-state index contributed by atoms with van der Waals surface area (Å²) in [7, 11) is -3.60. The summed E-state index contributed by atoms with van der Waals surface area (Å²) in [5.41, 5.74) is 1.65. The zero-order valence-electron chi connectivity index (χ0n) is 10.2. The van der Waals surface area contributed by atoms with Crippen molar-refractivity contribution in [1.29, 1.82) is 5.26 Å². The zero-order valence-corrected chi connectivity index (χ0v) is 11.0. The van der Waals surface area contributed by atoms with Gasteiger partial charge in [-0.15, -0.1) is 0 Å². The van der Waals surface area contributed by atoms with Crippen molar-refractivity contribution in [2.24, 2.45) is 0 Å². The molecule has 1 aromatic heterocycles. The number of nitriles is 1. The molecule has 0 radical (unpaired) electrons. The van der Waals surface area contributed by atoms with Gasteiger partial charge in [0.1, 0.15) is 0 Å². The fourth-order valence-corrected chi connectivity index (χ4v) is 2.89. The Morgan fingerprint density at radius 2 is 2.21 bits per heavy atom. The number of sulfonamides is 1.